The Bertz CT molecular complexity index is 636. The maximum absolute atomic E-state index is 13.7. The second kappa shape index (κ2) is 5.08. The molecule has 3 rings (SSSR count). The summed E-state index contributed by atoms with van der Waals surface area (Å²) >= 11 is 0. The monoisotopic (exact) mass is 269 g/mol. The fraction of sp³-hybridized carbons (Fsp3) is 0.235. The molecule has 2 aromatic rings. The van der Waals surface area contributed by atoms with Crippen molar-refractivity contribution in [2.24, 2.45) is 5.92 Å². The van der Waals surface area contributed by atoms with Crippen molar-refractivity contribution in [3.63, 3.8) is 0 Å². The lowest BCUT2D eigenvalue weighted by atomic mass is 10.1. The van der Waals surface area contributed by atoms with Crippen LogP contribution in [0.25, 0.3) is 0 Å². The SMILES string of the molecule is Cc1ccc(NC(=O)C2CC2c2ccccc2F)cc1. The van der Waals surface area contributed by atoms with Crippen molar-refractivity contribution >= 4 is 11.6 Å². The van der Waals surface area contributed by atoms with Gasteiger partial charge in [-0.05, 0) is 43.0 Å². The zero-order valence-electron chi connectivity index (χ0n) is 11.3. The Kier molecular flexibility index (Phi) is 3.26. The Hall–Kier alpha value is -2.16. The molecule has 2 nitrogen and oxygen atoms in total. The maximum atomic E-state index is 13.7. The van der Waals surface area contributed by atoms with E-state index in [9.17, 15) is 9.18 Å². The number of aryl methyl sites for hydroxylation is 1. The Morgan fingerprint density at radius 1 is 1.15 bits per heavy atom. The van der Waals surface area contributed by atoms with E-state index in [0.29, 0.717) is 5.56 Å². The molecule has 1 aliphatic carbocycles. The smallest absolute Gasteiger partial charge is 0.228 e. The molecule has 102 valence electrons. The minimum absolute atomic E-state index is 0.0154. The molecule has 0 aromatic heterocycles. The fourth-order valence-electron chi connectivity index (χ4n) is 2.48. The zero-order chi connectivity index (χ0) is 14.1. The largest absolute Gasteiger partial charge is 0.326 e. The van der Waals surface area contributed by atoms with E-state index in [2.05, 4.69) is 5.32 Å². The molecule has 0 bridgehead atoms. The number of nitrogens with one attached hydrogen (secondary N) is 1. The number of hydrogen-bond acceptors (Lipinski definition) is 1. The van der Waals surface area contributed by atoms with Gasteiger partial charge in [-0.1, -0.05) is 35.9 Å². The molecular formula is C17H16FNO. The third-order valence-electron chi connectivity index (χ3n) is 3.75. The topological polar surface area (TPSA) is 29.1 Å². The van der Waals surface area contributed by atoms with Crippen molar-refractivity contribution in [1.29, 1.82) is 0 Å². The van der Waals surface area contributed by atoms with Crippen molar-refractivity contribution in [2.75, 3.05) is 5.32 Å². The van der Waals surface area contributed by atoms with Crippen LogP contribution in [-0.2, 0) is 4.79 Å². The van der Waals surface area contributed by atoms with Gasteiger partial charge in [-0.15, -0.1) is 0 Å². The molecule has 2 atom stereocenters. The number of halogens is 1. The van der Waals surface area contributed by atoms with Crippen molar-refractivity contribution in [1.82, 2.24) is 0 Å². The number of carbonyl (C=O) groups is 1. The maximum Gasteiger partial charge on any atom is 0.228 e. The van der Waals surface area contributed by atoms with Gasteiger partial charge in [0.05, 0.1) is 0 Å². The lowest BCUT2D eigenvalue weighted by molar-refractivity contribution is -0.117. The second-order valence-electron chi connectivity index (χ2n) is 5.33. The lowest BCUT2D eigenvalue weighted by Crippen LogP contribution is -2.14. The van der Waals surface area contributed by atoms with E-state index in [1.165, 1.54) is 6.07 Å². The highest BCUT2D eigenvalue weighted by atomic mass is 19.1. The van der Waals surface area contributed by atoms with Gasteiger partial charge in [0.2, 0.25) is 5.91 Å². The van der Waals surface area contributed by atoms with Crippen molar-refractivity contribution < 1.29 is 9.18 Å². The average Bonchev–Trinajstić information content (AvgIpc) is 3.22. The van der Waals surface area contributed by atoms with E-state index in [0.717, 1.165) is 17.7 Å². The fourth-order valence-corrected chi connectivity index (χ4v) is 2.48. The van der Waals surface area contributed by atoms with E-state index >= 15 is 0 Å². The van der Waals surface area contributed by atoms with Gasteiger partial charge in [0.1, 0.15) is 5.82 Å². The molecule has 1 fully saturated rings. The Morgan fingerprint density at radius 3 is 2.55 bits per heavy atom. The first-order valence-corrected chi connectivity index (χ1v) is 6.77. The number of carbonyl (C=O) groups excluding carboxylic acids is 1. The van der Waals surface area contributed by atoms with Gasteiger partial charge in [-0.2, -0.15) is 0 Å². The summed E-state index contributed by atoms with van der Waals surface area (Å²) in [7, 11) is 0. The molecular weight excluding hydrogens is 253 g/mol. The second-order valence-corrected chi connectivity index (χ2v) is 5.33. The summed E-state index contributed by atoms with van der Waals surface area (Å²) in [6.45, 7) is 2.00. The third kappa shape index (κ3) is 2.57. The average molecular weight is 269 g/mol. The van der Waals surface area contributed by atoms with Gasteiger partial charge >= 0.3 is 0 Å². The summed E-state index contributed by atoms with van der Waals surface area (Å²) in [5, 5.41) is 2.89. The van der Waals surface area contributed by atoms with Crippen LogP contribution < -0.4 is 5.32 Å². The number of rotatable bonds is 3. The Balaban J connectivity index is 1.66. The highest BCUT2D eigenvalue weighted by Crippen LogP contribution is 2.48. The molecule has 0 saturated heterocycles. The predicted molar refractivity (Wildman–Crippen MR) is 77.1 cm³/mol. The molecule has 0 radical (unpaired) electrons. The Labute approximate surface area is 117 Å². The van der Waals surface area contributed by atoms with E-state index in [-0.39, 0.29) is 23.6 Å². The van der Waals surface area contributed by atoms with Gasteiger partial charge < -0.3 is 5.32 Å². The van der Waals surface area contributed by atoms with Crippen LogP contribution in [0.15, 0.2) is 48.5 Å². The summed E-state index contributed by atoms with van der Waals surface area (Å²) in [4.78, 5) is 12.1. The van der Waals surface area contributed by atoms with Crippen molar-refractivity contribution in [3.8, 4) is 0 Å². The summed E-state index contributed by atoms with van der Waals surface area (Å²) in [5.74, 6) is -0.347. The number of amides is 1. The molecule has 0 heterocycles. The van der Waals surface area contributed by atoms with Gasteiger partial charge in [-0.25, -0.2) is 4.39 Å². The van der Waals surface area contributed by atoms with Crippen molar-refractivity contribution in [3.05, 3.63) is 65.5 Å². The van der Waals surface area contributed by atoms with Crippen LogP contribution in [0.5, 0.6) is 0 Å². The van der Waals surface area contributed by atoms with Gasteiger partial charge in [-0.3, -0.25) is 4.79 Å². The molecule has 2 unspecified atom stereocenters. The molecule has 20 heavy (non-hydrogen) atoms. The summed E-state index contributed by atoms with van der Waals surface area (Å²) in [6, 6.07) is 14.4. The minimum Gasteiger partial charge on any atom is -0.326 e. The number of hydrogen-bond donors (Lipinski definition) is 1. The number of benzene rings is 2. The normalized spacial score (nSPS) is 20.5. The van der Waals surface area contributed by atoms with Gasteiger partial charge in [0.25, 0.3) is 0 Å². The summed E-state index contributed by atoms with van der Waals surface area (Å²) in [6.07, 6.45) is 0.721. The van der Waals surface area contributed by atoms with E-state index in [1.807, 2.05) is 37.3 Å². The summed E-state index contributed by atoms with van der Waals surface area (Å²) < 4.78 is 13.7. The van der Waals surface area contributed by atoms with Crippen LogP contribution in [0.2, 0.25) is 0 Å². The van der Waals surface area contributed by atoms with E-state index < -0.39 is 0 Å². The molecule has 1 aliphatic rings. The summed E-state index contributed by atoms with van der Waals surface area (Å²) in [5.41, 5.74) is 2.59. The lowest BCUT2D eigenvalue weighted by Gasteiger charge is -2.06. The molecule has 2 aromatic carbocycles. The van der Waals surface area contributed by atoms with Crippen LogP contribution >= 0.6 is 0 Å². The van der Waals surface area contributed by atoms with Crippen LogP contribution in [-0.4, -0.2) is 5.91 Å². The van der Waals surface area contributed by atoms with Crippen LogP contribution in [0.4, 0.5) is 10.1 Å². The van der Waals surface area contributed by atoms with Crippen molar-refractivity contribution in [2.45, 2.75) is 19.3 Å². The van der Waals surface area contributed by atoms with E-state index in [4.69, 9.17) is 0 Å². The first-order valence-electron chi connectivity index (χ1n) is 6.77. The van der Waals surface area contributed by atoms with Gasteiger partial charge in [0.15, 0.2) is 0 Å². The van der Waals surface area contributed by atoms with E-state index in [1.54, 1.807) is 12.1 Å². The quantitative estimate of drug-likeness (QED) is 0.900. The Morgan fingerprint density at radius 2 is 1.85 bits per heavy atom. The predicted octanol–water partition coefficient (Wildman–Crippen LogP) is 3.88. The molecule has 3 heteroatoms. The van der Waals surface area contributed by atoms with Crippen LogP contribution in [0.3, 0.4) is 0 Å². The van der Waals surface area contributed by atoms with Gasteiger partial charge in [0, 0.05) is 11.6 Å². The molecule has 1 N–H and O–H groups in total. The molecule has 0 aliphatic heterocycles. The zero-order valence-corrected chi connectivity index (χ0v) is 11.3. The highest BCUT2D eigenvalue weighted by Gasteiger charge is 2.45. The van der Waals surface area contributed by atoms with Crippen LogP contribution in [0, 0.1) is 18.7 Å². The first-order chi connectivity index (χ1) is 9.65. The molecule has 0 spiro atoms. The molecule has 1 amide bonds. The number of anilines is 1. The minimum atomic E-state index is -0.219. The first kappa shape index (κ1) is 12.9. The molecule has 1 saturated carbocycles. The third-order valence-corrected chi connectivity index (χ3v) is 3.75. The standard InChI is InChI=1S/C17H16FNO/c1-11-6-8-12(9-7-11)19-17(20)15-10-14(15)13-4-2-3-5-16(13)18/h2-9,14-15H,10H2,1H3,(H,19,20). The highest BCUT2D eigenvalue weighted by molar-refractivity contribution is 5.95. The van der Waals surface area contributed by atoms with Crippen LogP contribution in [0.1, 0.15) is 23.5 Å².